The largest absolute Gasteiger partial charge is 0.358 e. The Morgan fingerprint density at radius 3 is 2.07 bits per heavy atom. The predicted molar refractivity (Wildman–Crippen MR) is 144 cm³/mol. The Morgan fingerprint density at radius 2 is 1.45 bits per heavy atom. The van der Waals surface area contributed by atoms with Crippen molar-refractivity contribution in [2.75, 3.05) is 0 Å². The van der Waals surface area contributed by atoms with Crippen molar-refractivity contribution in [2.45, 2.75) is 65.1 Å². The molecule has 29 heavy (non-hydrogen) atoms. The predicted octanol–water partition coefficient (Wildman–Crippen LogP) is 8.49. The Morgan fingerprint density at radius 1 is 0.793 bits per heavy atom. The minimum atomic E-state index is -0.518. The van der Waals surface area contributed by atoms with Gasteiger partial charge in [0.05, 0.1) is 19.7 Å². The Balaban J connectivity index is 4.30. The summed E-state index contributed by atoms with van der Waals surface area (Å²) in [7, 11) is 7.27. The van der Waals surface area contributed by atoms with Gasteiger partial charge in [-0.15, -0.1) is 0 Å². The van der Waals surface area contributed by atoms with Crippen LogP contribution in [0, 0.1) is 5.92 Å². The van der Waals surface area contributed by atoms with Crippen molar-refractivity contribution in [3.05, 3.63) is 72.9 Å². The van der Waals surface area contributed by atoms with Crippen LogP contribution < -0.4 is 0 Å². The highest BCUT2D eigenvalue weighted by Crippen LogP contribution is 2.54. The van der Waals surface area contributed by atoms with Gasteiger partial charge in [-0.25, -0.2) is 0 Å². The topological polar surface area (TPSA) is 18.5 Å². The molecule has 0 aromatic rings. The van der Waals surface area contributed by atoms with Gasteiger partial charge in [0, 0.05) is 9.47 Å². The average molecular weight is 472 g/mol. The zero-order chi connectivity index (χ0) is 21.7. The van der Waals surface area contributed by atoms with Gasteiger partial charge < -0.3 is 9.05 Å². The van der Waals surface area contributed by atoms with Gasteiger partial charge in [0.2, 0.25) is 0 Å². The molecule has 0 bridgehead atoms. The van der Waals surface area contributed by atoms with Gasteiger partial charge in [-0.1, -0.05) is 118 Å². The Kier molecular flexibility index (Phi) is 21.4. The summed E-state index contributed by atoms with van der Waals surface area (Å²) in [6.07, 6.45) is 31.0. The summed E-state index contributed by atoms with van der Waals surface area (Å²) in [6.45, 7) is 6.54. The quantitative estimate of drug-likeness (QED) is 0.127. The van der Waals surface area contributed by atoms with E-state index in [-0.39, 0.29) is 12.2 Å². The highest BCUT2D eigenvalue weighted by atomic mass is 32.4. The molecule has 6 heteroatoms. The van der Waals surface area contributed by atoms with Crippen LogP contribution in [0.1, 0.15) is 52.9 Å². The van der Waals surface area contributed by atoms with Crippen LogP contribution in [0.5, 0.6) is 0 Å². The summed E-state index contributed by atoms with van der Waals surface area (Å²) in [4.78, 5) is 0. The molecular formula is C23H40O2P4. The molecule has 0 rings (SSSR count). The summed E-state index contributed by atoms with van der Waals surface area (Å²) in [5.74, 6) is 0.503. The first-order valence-electron chi connectivity index (χ1n) is 10.3. The summed E-state index contributed by atoms with van der Waals surface area (Å²) < 4.78 is 11.2. The van der Waals surface area contributed by atoms with E-state index in [1.807, 2.05) is 12.2 Å². The molecule has 0 aliphatic rings. The fourth-order valence-electron chi connectivity index (χ4n) is 2.41. The van der Waals surface area contributed by atoms with Crippen molar-refractivity contribution in [2.24, 2.45) is 5.92 Å². The molecule has 0 spiro atoms. The highest BCUT2D eigenvalue weighted by molar-refractivity contribution is 8.41. The minimum absolute atomic E-state index is 0.132. The first-order chi connectivity index (χ1) is 14.0. The Bertz CT molecular complexity index is 551. The van der Waals surface area contributed by atoms with Gasteiger partial charge in [0.1, 0.15) is 0 Å². The molecule has 0 aromatic heterocycles. The monoisotopic (exact) mass is 472 g/mol. The van der Waals surface area contributed by atoms with Crippen LogP contribution in [-0.4, -0.2) is 12.2 Å². The summed E-state index contributed by atoms with van der Waals surface area (Å²) in [6, 6.07) is 0. The number of allylic oxidation sites excluding steroid dienone is 9. The maximum atomic E-state index is 5.93. The van der Waals surface area contributed by atoms with Crippen LogP contribution in [-0.2, 0) is 9.05 Å². The molecule has 0 fully saturated rings. The van der Waals surface area contributed by atoms with Gasteiger partial charge in [-0.3, -0.25) is 0 Å². The zero-order valence-electron chi connectivity index (χ0n) is 18.2. The number of hydrogen-bond donors (Lipinski definition) is 0. The lowest BCUT2D eigenvalue weighted by Gasteiger charge is -2.14. The zero-order valence-corrected chi connectivity index (χ0v) is 22.6. The molecular weight excluding hydrogens is 432 g/mol. The molecule has 2 nitrogen and oxygen atoms in total. The van der Waals surface area contributed by atoms with Gasteiger partial charge in [-0.2, -0.15) is 0 Å². The second kappa shape index (κ2) is 21.3. The fourth-order valence-corrected chi connectivity index (χ4v) is 4.05. The van der Waals surface area contributed by atoms with E-state index in [0.717, 1.165) is 32.1 Å². The van der Waals surface area contributed by atoms with E-state index in [4.69, 9.17) is 9.05 Å². The molecule has 6 unspecified atom stereocenters. The summed E-state index contributed by atoms with van der Waals surface area (Å²) in [5.41, 5.74) is 0. The lowest BCUT2D eigenvalue weighted by molar-refractivity contribution is 0.279. The molecule has 0 heterocycles. The lowest BCUT2D eigenvalue weighted by Crippen LogP contribution is -2.02. The van der Waals surface area contributed by atoms with Crippen molar-refractivity contribution in [3.8, 4) is 0 Å². The first kappa shape index (κ1) is 29.1. The van der Waals surface area contributed by atoms with Gasteiger partial charge in [-0.05, 0) is 31.6 Å². The average Bonchev–Trinajstić information content (AvgIpc) is 2.68. The SMILES string of the molecule is CC/C=C\CC(/C=C/C=C\CC(C)/C=C/C=C/C=C/C(CCC)OP)OP(P)P. The third-order valence-corrected chi connectivity index (χ3v) is 5.55. The van der Waals surface area contributed by atoms with Gasteiger partial charge in [0.25, 0.3) is 0 Å². The van der Waals surface area contributed by atoms with Crippen molar-refractivity contribution < 1.29 is 9.05 Å². The molecule has 0 aliphatic heterocycles. The fraction of sp³-hybridized carbons (Fsp3) is 0.478. The third-order valence-electron chi connectivity index (χ3n) is 3.96. The summed E-state index contributed by atoms with van der Waals surface area (Å²) >= 11 is 0. The summed E-state index contributed by atoms with van der Waals surface area (Å²) in [5, 5.41) is 0. The first-order valence-corrected chi connectivity index (χ1v) is 15.3. The van der Waals surface area contributed by atoms with Crippen molar-refractivity contribution in [3.63, 3.8) is 0 Å². The second-order valence-corrected chi connectivity index (χ2v) is 12.8. The van der Waals surface area contributed by atoms with Crippen LogP contribution in [0.15, 0.2) is 72.9 Å². The number of hydrogen-bond acceptors (Lipinski definition) is 2. The van der Waals surface area contributed by atoms with E-state index in [2.05, 4.69) is 109 Å². The highest BCUT2D eigenvalue weighted by Gasteiger charge is 2.05. The smallest absolute Gasteiger partial charge is 0.0844 e. The van der Waals surface area contributed by atoms with Crippen LogP contribution >= 0.6 is 34.8 Å². The van der Waals surface area contributed by atoms with Crippen LogP contribution in [0.25, 0.3) is 0 Å². The maximum Gasteiger partial charge on any atom is 0.0844 e. The molecule has 0 amide bonds. The van der Waals surface area contributed by atoms with E-state index in [9.17, 15) is 0 Å². The molecule has 0 N–H and O–H groups in total. The van der Waals surface area contributed by atoms with E-state index in [0.29, 0.717) is 5.92 Å². The number of rotatable bonds is 16. The van der Waals surface area contributed by atoms with Crippen LogP contribution in [0.4, 0.5) is 0 Å². The molecule has 164 valence electrons. The second-order valence-electron chi connectivity index (χ2n) is 6.76. The maximum absolute atomic E-state index is 5.93. The molecule has 0 radical (unpaired) electrons. The molecule has 0 saturated carbocycles. The lowest BCUT2D eigenvalue weighted by atomic mass is 10.1. The van der Waals surface area contributed by atoms with Crippen molar-refractivity contribution in [1.29, 1.82) is 0 Å². The molecule has 0 aliphatic carbocycles. The third kappa shape index (κ3) is 19.8. The Labute approximate surface area is 187 Å². The molecule has 6 atom stereocenters. The Hall–Kier alpha value is 0.0800. The van der Waals surface area contributed by atoms with Crippen molar-refractivity contribution in [1.82, 2.24) is 0 Å². The van der Waals surface area contributed by atoms with Crippen LogP contribution in [0.3, 0.4) is 0 Å². The van der Waals surface area contributed by atoms with E-state index < -0.39 is 7.53 Å². The van der Waals surface area contributed by atoms with E-state index in [1.165, 1.54) is 0 Å². The normalized spacial score (nSPS) is 16.7. The van der Waals surface area contributed by atoms with Gasteiger partial charge in [0.15, 0.2) is 0 Å². The van der Waals surface area contributed by atoms with Crippen molar-refractivity contribution >= 4 is 34.8 Å². The minimum Gasteiger partial charge on any atom is -0.358 e. The van der Waals surface area contributed by atoms with E-state index in [1.54, 1.807) is 0 Å². The van der Waals surface area contributed by atoms with Crippen LogP contribution in [0.2, 0.25) is 0 Å². The standard InChI is InChI=1S/C23H40O2P4/c1-4-6-10-19-23(25-29(27)28)20-14-9-12-17-21(3)16-11-7-8-13-18-22(24-26)15-5-2/h6-14,16,18,20-23H,4-5,15,17,19,26-28H2,1-3H3/b8-7+,10-6-,12-9-,16-11+,18-13+,20-14+. The molecule has 0 aromatic carbocycles. The van der Waals surface area contributed by atoms with E-state index >= 15 is 0 Å². The molecule has 0 saturated heterocycles. The van der Waals surface area contributed by atoms with Gasteiger partial charge >= 0.3 is 0 Å².